The van der Waals surface area contributed by atoms with Gasteiger partial charge in [-0.3, -0.25) is 20.2 Å². The van der Waals surface area contributed by atoms with Crippen LogP contribution >= 0.6 is 0 Å². The number of nitrogens with zero attached hydrogens (tertiary/aromatic N) is 4. The van der Waals surface area contributed by atoms with Crippen molar-refractivity contribution in [2.24, 2.45) is 4.99 Å². The molecule has 0 fully saturated rings. The summed E-state index contributed by atoms with van der Waals surface area (Å²) in [6, 6.07) is 2.51. The average Bonchev–Trinajstić information content (AvgIpc) is 2.75. The number of hydrogen-bond acceptors (Lipinski definition) is 6. The monoisotopic (exact) mass is 244 g/mol. The zero-order chi connectivity index (χ0) is 12.9. The average molecular weight is 244 g/mol. The minimum absolute atomic E-state index is 0.121. The molecule has 8 nitrogen and oxygen atoms in total. The van der Waals surface area contributed by atoms with Crippen LogP contribution in [0.1, 0.15) is 5.56 Å². The lowest BCUT2D eigenvalue weighted by Gasteiger charge is -2.01. The number of benzene rings is 1. The summed E-state index contributed by atoms with van der Waals surface area (Å²) in [6.07, 6.45) is 2.85. The lowest BCUT2D eigenvalue weighted by molar-refractivity contribution is -0.392. The van der Waals surface area contributed by atoms with Crippen LogP contribution in [0.5, 0.6) is 0 Å². The highest BCUT2D eigenvalue weighted by Gasteiger charge is 2.29. The largest absolute Gasteiger partial charge is 0.302 e. The molecule has 0 N–H and O–H groups in total. The Morgan fingerprint density at radius 2 is 1.83 bits per heavy atom. The van der Waals surface area contributed by atoms with Crippen LogP contribution in [0.4, 0.5) is 17.1 Å². The SMILES string of the molecule is O=[N+]([O-])c1cc([N+](=O)[O-])c2nccc3c2c1N=C3. The van der Waals surface area contributed by atoms with Crippen molar-refractivity contribution in [3.63, 3.8) is 0 Å². The number of rotatable bonds is 2. The van der Waals surface area contributed by atoms with Crippen LogP contribution in [-0.4, -0.2) is 21.0 Å². The lowest BCUT2D eigenvalue weighted by Crippen LogP contribution is -1.96. The number of hydrogen-bond donors (Lipinski definition) is 0. The number of nitro groups is 2. The molecule has 18 heavy (non-hydrogen) atoms. The van der Waals surface area contributed by atoms with Crippen molar-refractivity contribution in [3.05, 3.63) is 44.1 Å². The van der Waals surface area contributed by atoms with Gasteiger partial charge in [-0.15, -0.1) is 0 Å². The molecule has 0 amide bonds. The summed E-state index contributed by atoms with van der Waals surface area (Å²) in [5.74, 6) is 0. The summed E-state index contributed by atoms with van der Waals surface area (Å²) in [6.45, 7) is 0. The molecule has 1 aromatic carbocycles. The third kappa shape index (κ3) is 1.19. The number of aliphatic imine (C=N–C) groups is 1. The molecule has 1 aliphatic rings. The van der Waals surface area contributed by atoms with Crippen LogP contribution in [0.15, 0.2) is 23.3 Å². The van der Waals surface area contributed by atoms with E-state index in [-0.39, 0.29) is 22.6 Å². The molecule has 0 atom stereocenters. The van der Waals surface area contributed by atoms with E-state index < -0.39 is 9.85 Å². The van der Waals surface area contributed by atoms with Crippen LogP contribution in [0, 0.1) is 20.2 Å². The van der Waals surface area contributed by atoms with Crippen molar-refractivity contribution in [2.45, 2.75) is 0 Å². The van der Waals surface area contributed by atoms with Gasteiger partial charge in [-0.25, -0.2) is 9.98 Å². The van der Waals surface area contributed by atoms with Crippen LogP contribution in [0.25, 0.3) is 10.9 Å². The first-order chi connectivity index (χ1) is 8.59. The summed E-state index contributed by atoms with van der Waals surface area (Å²) in [5.41, 5.74) is 0.0890. The van der Waals surface area contributed by atoms with Gasteiger partial charge >= 0.3 is 11.4 Å². The predicted molar refractivity (Wildman–Crippen MR) is 62.3 cm³/mol. The molecule has 0 aliphatic carbocycles. The molecule has 2 heterocycles. The molecule has 2 aromatic rings. The number of pyridine rings is 1. The summed E-state index contributed by atoms with van der Waals surface area (Å²) >= 11 is 0. The van der Waals surface area contributed by atoms with Gasteiger partial charge in [0.15, 0.2) is 11.2 Å². The second kappa shape index (κ2) is 3.29. The second-order valence-corrected chi connectivity index (χ2v) is 3.66. The van der Waals surface area contributed by atoms with Gasteiger partial charge in [0, 0.05) is 23.4 Å². The second-order valence-electron chi connectivity index (χ2n) is 3.66. The maximum atomic E-state index is 10.9. The van der Waals surface area contributed by atoms with Gasteiger partial charge in [0.25, 0.3) is 0 Å². The Hall–Kier alpha value is -2.90. The van der Waals surface area contributed by atoms with E-state index in [0.717, 1.165) is 6.07 Å². The number of aromatic nitrogens is 1. The van der Waals surface area contributed by atoms with E-state index in [9.17, 15) is 20.2 Å². The van der Waals surface area contributed by atoms with Crippen LogP contribution in [0.2, 0.25) is 0 Å². The Bertz CT molecular complexity index is 753. The van der Waals surface area contributed by atoms with Crippen molar-refractivity contribution in [1.82, 2.24) is 4.98 Å². The van der Waals surface area contributed by atoms with E-state index in [1.54, 1.807) is 6.07 Å². The topological polar surface area (TPSA) is 112 Å². The summed E-state index contributed by atoms with van der Waals surface area (Å²) in [7, 11) is 0. The van der Waals surface area contributed by atoms with E-state index in [0.29, 0.717) is 10.9 Å². The molecule has 8 heteroatoms. The summed E-state index contributed by atoms with van der Waals surface area (Å²) < 4.78 is 0. The van der Waals surface area contributed by atoms with Crippen LogP contribution < -0.4 is 0 Å². The van der Waals surface area contributed by atoms with Gasteiger partial charge in [0.05, 0.1) is 15.9 Å². The van der Waals surface area contributed by atoms with Crippen molar-refractivity contribution in [2.75, 3.05) is 0 Å². The highest BCUT2D eigenvalue weighted by atomic mass is 16.6. The van der Waals surface area contributed by atoms with Gasteiger partial charge in [-0.05, 0) is 6.07 Å². The molecule has 88 valence electrons. The van der Waals surface area contributed by atoms with Gasteiger partial charge in [-0.2, -0.15) is 0 Å². The van der Waals surface area contributed by atoms with E-state index in [1.165, 1.54) is 12.4 Å². The zero-order valence-corrected chi connectivity index (χ0v) is 8.73. The van der Waals surface area contributed by atoms with Gasteiger partial charge in [0.2, 0.25) is 0 Å². The van der Waals surface area contributed by atoms with Crippen LogP contribution in [0.3, 0.4) is 0 Å². The van der Waals surface area contributed by atoms with Crippen molar-refractivity contribution in [3.8, 4) is 0 Å². The summed E-state index contributed by atoms with van der Waals surface area (Å²) in [5, 5.41) is 22.2. The molecule has 0 radical (unpaired) electrons. The summed E-state index contributed by atoms with van der Waals surface area (Å²) in [4.78, 5) is 28.3. The fourth-order valence-corrected chi connectivity index (χ4v) is 1.96. The molecular formula is C10H4N4O4. The molecule has 0 saturated carbocycles. The molecule has 0 unspecified atom stereocenters. The Labute approximate surface area is 98.9 Å². The van der Waals surface area contributed by atoms with Gasteiger partial charge in [-0.1, -0.05) is 0 Å². The zero-order valence-electron chi connectivity index (χ0n) is 8.73. The van der Waals surface area contributed by atoms with Gasteiger partial charge < -0.3 is 0 Å². The Morgan fingerprint density at radius 1 is 1.11 bits per heavy atom. The third-order valence-electron chi connectivity index (χ3n) is 2.70. The number of nitro benzene ring substituents is 2. The minimum Gasteiger partial charge on any atom is -0.258 e. The predicted octanol–water partition coefficient (Wildman–Crippen LogP) is 2.12. The maximum Gasteiger partial charge on any atom is 0.302 e. The molecule has 1 aliphatic heterocycles. The first-order valence-electron chi connectivity index (χ1n) is 4.88. The Balaban J connectivity index is 2.54. The quantitative estimate of drug-likeness (QED) is 0.506. The molecule has 0 bridgehead atoms. The highest BCUT2D eigenvalue weighted by molar-refractivity contribution is 6.14. The normalized spacial score (nSPS) is 12.0. The van der Waals surface area contributed by atoms with Crippen molar-refractivity contribution >= 4 is 34.2 Å². The maximum absolute atomic E-state index is 10.9. The van der Waals surface area contributed by atoms with E-state index in [1.807, 2.05) is 0 Å². The molecular weight excluding hydrogens is 240 g/mol. The van der Waals surface area contributed by atoms with Crippen LogP contribution in [-0.2, 0) is 0 Å². The smallest absolute Gasteiger partial charge is 0.258 e. The van der Waals surface area contributed by atoms with E-state index in [4.69, 9.17) is 0 Å². The third-order valence-corrected chi connectivity index (χ3v) is 2.70. The standard InChI is InChI=1S/C10H4N4O4/c15-13(16)6-3-7(14(17)18)10-8-5(4-12-10)1-2-11-9(6)8/h1-4H. The molecule has 0 saturated heterocycles. The Morgan fingerprint density at radius 3 is 2.50 bits per heavy atom. The molecule has 0 spiro atoms. The fraction of sp³-hybridized carbons (Fsp3) is 0. The minimum atomic E-state index is -0.679. The first kappa shape index (κ1) is 10.3. The Kier molecular flexibility index (Phi) is 1.88. The van der Waals surface area contributed by atoms with Gasteiger partial charge in [0.1, 0.15) is 0 Å². The fourth-order valence-electron chi connectivity index (χ4n) is 1.96. The van der Waals surface area contributed by atoms with Crippen molar-refractivity contribution in [1.29, 1.82) is 0 Å². The lowest BCUT2D eigenvalue weighted by atomic mass is 10.1. The van der Waals surface area contributed by atoms with Crippen molar-refractivity contribution < 1.29 is 9.85 Å². The van der Waals surface area contributed by atoms with E-state index in [2.05, 4.69) is 9.98 Å². The molecule has 3 rings (SSSR count). The van der Waals surface area contributed by atoms with E-state index >= 15 is 0 Å². The molecule has 1 aromatic heterocycles. The first-order valence-corrected chi connectivity index (χ1v) is 4.88. The highest BCUT2D eigenvalue weighted by Crippen LogP contribution is 2.43. The number of non-ortho nitro benzene ring substituents is 1.